The molecule has 0 amide bonds. The van der Waals surface area contributed by atoms with Crippen LogP contribution >= 0.6 is 15.9 Å². The Morgan fingerprint density at radius 3 is 2.75 bits per heavy atom. The third kappa shape index (κ3) is 3.56. The SMILES string of the molecule is COc1ccc(CC(NN)c2cc(C)ccn2)cc1Br. The van der Waals surface area contributed by atoms with E-state index in [1.807, 2.05) is 37.3 Å². The molecule has 1 aromatic carbocycles. The van der Waals surface area contributed by atoms with Gasteiger partial charge in [-0.2, -0.15) is 0 Å². The first kappa shape index (κ1) is 15.0. The average Bonchev–Trinajstić information content (AvgIpc) is 2.45. The fourth-order valence-corrected chi connectivity index (χ4v) is 2.66. The molecule has 0 aliphatic carbocycles. The van der Waals surface area contributed by atoms with E-state index in [9.17, 15) is 0 Å². The minimum absolute atomic E-state index is 0.0183. The third-order valence-corrected chi connectivity index (χ3v) is 3.77. The largest absolute Gasteiger partial charge is 0.496 e. The summed E-state index contributed by atoms with van der Waals surface area (Å²) in [5.41, 5.74) is 6.11. The van der Waals surface area contributed by atoms with Gasteiger partial charge in [0.1, 0.15) is 5.75 Å². The lowest BCUT2D eigenvalue weighted by atomic mass is 10.0. The summed E-state index contributed by atoms with van der Waals surface area (Å²) in [6.45, 7) is 2.04. The summed E-state index contributed by atoms with van der Waals surface area (Å²) in [6, 6.07) is 10.0. The van der Waals surface area contributed by atoms with E-state index < -0.39 is 0 Å². The van der Waals surface area contributed by atoms with Gasteiger partial charge in [0.15, 0.2) is 0 Å². The Labute approximate surface area is 127 Å². The smallest absolute Gasteiger partial charge is 0.133 e. The molecule has 0 radical (unpaired) electrons. The van der Waals surface area contributed by atoms with Gasteiger partial charge in [0.2, 0.25) is 0 Å². The molecule has 1 unspecified atom stereocenters. The van der Waals surface area contributed by atoms with Gasteiger partial charge in [-0.15, -0.1) is 0 Å². The number of nitrogens with two attached hydrogens (primary N) is 1. The maximum absolute atomic E-state index is 5.67. The van der Waals surface area contributed by atoms with Crippen molar-refractivity contribution in [3.63, 3.8) is 0 Å². The number of methoxy groups -OCH3 is 1. The first-order valence-corrected chi connectivity index (χ1v) is 7.14. The molecule has 5 heteroatoms. The second-order valence-electron chi connectivity index (χ2n) is 4.65. The molecular weight excluding hydrogens is 318 g/mol. The first-order chi connectivity index (χ1) is 9.63. The van der Waals surface area contributed by atoms with Crippen LogP contribution in [0, 0.1) is 6.92 Å². The quantitative estimate of drug-likeness (QED) is 0.651. The predicted molar refractivity (Wildman–Crippen MR) is 83.4 cm³/mol. The standard InChI is InChI=1S/C15H18BrN3O/c1-10-5-6-18-13(7-10)14(19-17)9-11-3-4-15(20-2)12(16)8-11/h3-8,14,19H,9,17H2,1-2H3. The molecule has 0 aliphatic rings. The Morgan fingerprint density at radius 1 is 1.35 bits per heavy atom. The molecule has 0 aliphatic heterocycles. The number of pyridine rings is 1. The van der Waals surface area contributed by atoms with Crippen molar-refractivity contribution < 1.29 is 4.74 Å². The number of aromatic nitrogens is 1. The summed E-state index contributed by atoms with van der Waals surface area (Å²) in [6.07, 6.45) is 2.56. The number of aryl methyl sites for hydroxylation is 1. The molecule has 0 fully saturated rings. The molecule has 1 heterocycles. The van der Waals surface area contributed by atoms with Crippen molar-refractivity contribution in [2.75, 3.05) is 7.11 Å². The second kappa shape index (κ2) is 6.83. The van der Waals surface area contributed by atoms with Gasteiger partial charge in [-0.05, 0) is 64.7 Å². The molecule has 1 aromatic heterocycles. The maximum atomic E-state index is 5.67. The Balaban J connectivity index is 2.20. The minimum Gasteiger partial charge on any atom is -0.496 e. The van der Waals surface area contributed by atoms with Crippen LogP contribution < -0.4 is 16.0 Å². The number of rotatable bonds is 5. The summed E-state index contributed by atoms with van der Waals surface area (Å²) in [7, 11) is 1.65. The van der Waals surface area contributed by atoms with E-state index in [1.54, 1.807) is 13.3 Å². The van der Waals surface area contributed by atoms with Crippen LogP contribution in [0.15, 0.2) is 41.0 Å². The Hall–Kier alpha value is -1.43. The molecule has 1 atom stereocenters. The molecule has 4 nitrogen and oxygen atoms in total. The monoisotopic (exact) mass is 335 g/mol. The minimum atomic E-state index is -0.0183. The highest BCUT2D eigenvalue weighted by molar-refractivity contribution is 9.10. The molecule has 2 aromatic rings. The Morgan fingerprint density at radius 2 is 2.15 bits per heavy atom. The maximum Gasteiger partial charge on any atom is 0.133 e. The number of nitrogens with one attached hydrogen (secondary N) is 1. The summed E-state index contributed by atoms with van der Waals surface area (Å²) in [5, 5.41) is 0. The number of ether oxygens (including phenoxy) is 1. The predicted octanol–water partition coefficient (Wildman–Crippen LogP) is 2.91. The molecule has 0 spiro atoms. The molecule has 0 saturated heterocycles. The molecule has 0 bridgehead atoms. The highest BCUT2D eigenvalue weighted by Gasteiger charge is 2.13. The normalized spacial score (nSPS) is 12.2. The number of hydrazine groups is 1. The van der Waals surface area contributed by atoms with Crippen LogP contribution in [0.1, 0.15) is 22.9 Å². The summed E-state index contributed by atoms with van der Waals surface area (Å²) < 4.78 is 6.17. The Bertz CT molecular complexity index is 589. The molecule has 2 rings (SSSR count). The van der Waals surface area contributed by atoms with Crippen molar-refractivity contribution in [3.05, 3.63) is 57.8 Å². The zero-order valence-corrected chi connectivity index (χ0v) is 13.1. The van der Waals surface area contributed by atoms with E-state index >= 15 is 0 Å². The van der Waals surface area contributed by atoms with Crippen LogP contribution in [0.25, 0.3) is 0 Å². The lowest BCUT2D eigenvalue weighted by Gasteiger charge is -2.16. The summed E-state index contributed by atoms with van der Waals surface area (Å²) >= 11 is 3.49. The number of nitrogens with zero attached hydrogens (tertiary/aromatic N) is 1. The van der Waals surface area contributed by atoms with Gasteiger partial charge in [-0.25, -0.2) is 0 Å². The summed E-state index contributed by atoms with van der Waals surface area (Å²) in [5.74, 6) is 6.49. The van der Waals surface area contributed by atoms with Gasteiger partial charge in [0.25, 0.3) is 0 Å². The molecule has 106 valence electrons. The van der Waals surface area contributed by atoms with Gasteiger partial charge in [-0.3, -0.25) is 16.3 Å². The van der Waals surface area contributed by atoms with Crippen molar-refractivity contribution in [2.45, 2.75) is 19.4 Å². The Kier molecular flexibility index (Phi) is 5.11. The van der Waals surface area contributed by atoms with Gasteiger partial charge in [-0.1, -0.05) is 6.07 Å². The average molecular weight is 336 g/mol. The van der Waals surface area contributed by atoms with Crippen molar-refractivity contribution >= 4 is 15.9 Å². The van der Waals surface area contributed by atoms with E-state index in [2.05, 4.69) is 26.3 Å². The van der Waals surface area contributed by atoms with Crippen LogP contribution in [-0.4, -0.2) is 12.1 Å². The van der Waals surface area contributed by atoms with Crippen LogP contribution in [-0.2, 0) is 6.42 Å². The van der Waals surface area contributed by atoms with E-state index in [0.29, 0.717) is 0 Å². The molecule has 3 N–H and O–H groups in total. The zero-order valence-electron chi connectivity index (χ0n) is 11.6. The van der Waals surface area contributed by atoms with Crippen molar-refractivity contribution in [1.82, 2.24) is 10.4 Å². The highest BCUT2D eigenvalue weighted by Crippen LogP contribution is 2.27. The lowest BCUT2D eigenvalue weighted by molar-refractivity contribution is 0.412. The van der Waals surface area contributed by atoms with Crippen molar-refractivity contribution in [2.24, 2.45) is 5.84 Å². The first-order valence-electron chi connectivity index (χ1n) is 6.35. The van der Waals surface area contributed by atoms with Gasteiger partial charge >= 0.3 is 0 Å². The van der Waals surface area contributed by atoms with Crippen molar-refractivity contribution in [3.8, 4) is 5.75 Å². The highest BCUT2D eigenvalue weighted by atomic mass is 79.9. The fourth-order valence-electron chi connectivity index (χ4n) is 2.07. The van der Waals surface area contributed by atoms with Crippen LogP contribution in [0.2, 0.25) is 0 Å². The van der Waals surface area contributed by atoms with Gasteiger partial charge < -0.3 is 4.74 Å². The van der Waals surface area contributed by atoms with Crippen LogP contribution in [0.5, 0.6) is 5.75 Å². The van der Waals surface area contributed by atoms with Crippen LogP contribution in [0.4, 0.5) is 0 Å². The number of halogens is 1. The third-order valence-electron chi connectivity index (χ3n) is 3.15. The van der Waals surface area contributed by atoms with E-state index in [1.165, 1.54) is 5.56 Å². The van der Waals surface area contributed by atoms with E-state index in [4.69, 9.17) is 10.6 Å². The number of hydrogen-bond acceptors (Lipinski definition) is 4. The molecule has 20 heavy (non-hydrogen) atoms. The van der Waals surface area contributed by atoms with E-state index in [0.717, 1.165) is 27.9 Å². The zero-order chi connectivity index (χ0) is 14.5. The number of benzene rings is 1. The van der Waals surface area contributed by atoms with Crippen LogP contribution in [0.3, 0.4) is 0 Å². The second-order valence-corrected chi connectivity index (χ2v) is 5.50. The lowest BCUT2D eigenvalue weighted by Crippen LogP contribution is -2.30. The topological polar surface area (TPSA) is 60.2 Å². The summed E-state index contributed by atoms with van der Waals surface area (Å²) in [4.78, 5) is 4.38. The number of hydrogen-bond donors (Lipinski definition) is 2. The fraction of sp³-hybridized carbons (Fsp3) is 0.267. The van der Waals surface area contributed by atoms with E-state index in [-0.39, 0.29) is 6.04 Å². The van der Waals surface area contributed by atoms with Gasteiger partial charge in [0.05, 0.1) is 23.3 Å². The molecule has 0 saturated carbocycles. The molecular formula is C15H18BrN3O. The van der Waals surface area contributed by atoms with Gasteiger partial charge in [0, 0.05) is 6.20 Å². The van der Waals surface area contributed by atoms with Crippen molar-refractivity contribution in [1.29, 1.82) is 0 Å².